The molecule has 1 atom stereocenters. The lowest BCUT2D eigenvalue weighted by Crippen LogP contribution is -2.41. The summed E-state index contributed by atoms with van der Waals surface area (Å²) in [6.07, 6.45) is 9.27. The van der Waals surface area contributed by atoms with Crippen LogP contribution < -0.4 is 5.32 Å². The Balaban J connectivity index is 1.36. The maximum Gasteiger partial charge on any atom is 0.226 e. The van der Waals surface area contributed by atoms with E-state index in [0.29, 0.717) is 11.8 Å². The topological polar surface area (TPSA) is 58.1 Å². The Labute approximate surface area is 164 Å². The predicted molar refractivity (Wildman–Crippen MR) is 109 cm³/mol. The monoisotopic (exact) mass is 382 g/mol. The van der Waals surface area contributed by atoms with Gasteiger partial charge < -0.3 is 10.2 Å². The molecule has 0 bridgehead atoms. The largest absolute Gasteiger partial charge is 0.342 e. The van der Waals surface area contributed by atoms with E-state index in [9.17, 15) is 4.79 Å². The van der Waals surface area contributed by atoms with Crippen LogP contribution in [0.1, 0.15) is 49.4 Å². The number of rotatable bonds is 4. The Bertz CT molecular complexity index is 823. The second-order valence-corrected chi connectivity index (χ2v) is 8.31. The number of likely N-dealkylation sites (tertiary alicyclic amines) is 1. The number of nitrogens with one attached hydrogen (secondary N) is 1. The second kappa shape index (κ2) is 8.21. The highest BCUT2D eigenvalue weighted by molar-refractivity contribution is 7.13. The molecule has 1 amide bonds. The molecule has 1 aliphatic heterocycles. The van der Waals surface area contributed by atoms with Gasteiger partial charge in [-0.1, -0.05) is 18.2 Å². The Hall–Kier alpha value is -2.21. The van der Waals surface area contributed by atoms with Crippen LogP contribution in [0.25, 0.3) is 0 Å². The zero-order valence-corrected chi connectivity index (χ0v) is 16.5. The summed E-state index contributed by atoms with van der Waals surface area (Å²) in [7, 11) is 0. The number of amides is 1. The van der Waals surface area contributed by atoms with E-state index in [1.165, 1.54) is 0 Å². The number of hydrogen-bond donors (Lipinski definition) is 1. The number of carbonyl (C=O) groups is 1. The second-order valence-electron chi connectivity index (χ2n) is 7.45. The van der Waals surface area contributed by atoms with Crippen LogP contribution in [0.4, 0.5) is 10.9 Å². The standard InChI is InChI=1S/C21H26N4OS/c1-15-14-27-21(22-15)24-19-9-5-8-18(23-19)16-10-12-25(13-11-16)20(26)17-6-3-2-4-7-17/h2-3,5,8-9,14,16-17H,4,6-7,10-13H2,1H3,(H,22,23,24). The number of aromatic nitrogens is 2. The summed E-state index contributed by atoms with van der Waals surface area (Å²) in [6.45, 7) is 3.67. The molecule has 2 aromatic rings. The molecule has 2 aliphatic rings. The lowest BCUT2D eigenvalue weighted by atomic mass is 9.89. The van der Waals surface area contributed by atoms with Gasteiger partial charge in [0.05, 0.1) is 5.69 Å². The number of allylic oxidation sites excluding steroid dienone is 2. The van der Waals surface area contributed by atoms with Gasteiger partial charge in [-0.15, -0.1) is 11.3 Å². The van der Waals surface area contributed by atoms with Crippen LogP contribution in [0.2, 0.25) is 0 Å². The number of anilines is 2. The SMILES string of the molecule is Cc1csc(Nc2cccc(C3CCN(C(=O)C4CC=CCC4)CC3)n2)n1. The van der Waals surface area contributed by atoms with E-state index >= 15 is 0 Å². The molecule has 1 fully saturated rings. The molecule has 6 heteroatoms. The molecule has 27 heavy (non-hydrogen) atoms. The van der Waals surface area contributed by atoms with Gasteiger partial charge >= 0.3 is 0 Å². The highest BCUT2D eigenvalue weighted by atomic mass is 32.1. The summed E-state index contributed by atoms with van der Waals surface area (Å²) >= 11 is 1.59. The molecule has 142 valence electrons. The highest BCUT2D eigenvalue weighted by Gasteiger charge is 2.29. The molecular weight excluding hydrogens is 356 g/mol. The molecule has 1 N–H and O–H groups in total. The molecular formula is C21H26N4OS. The Morgan fingerprint density at radius 1 is 1.19 bits per heavy atom. The van der Waals surface area contributed by atoms with Crippen molar-refractivity contribution in [3.63, 3.8) is 0 Å². The summed E-state index contributed by atoms with van der Waals surface area (Å²) in [5.74, 6) is 1.80. The van der Waals surface area contributed by atoms with Gasteiger partial charge in [-0.3, -0.25) is 4.79 Å². The first-order chi connectivity index (χ1) is 13.2. The lowest BCUT2D eigenvalue weighted by molar-refractivity contribution is -0.136. The molecule has 2 aromatic heterocycles. The number of aryl methyl sites for hydroxylation is 1. The highest BCUT2D eigenvalue weighted by Crippen LogP contribution is 2.30. The van der Waals surface area contributed by atoms with Crippen molar-refractivity contribution in [1.82, 2.24) is 14.9 Å². The number of carbonyl (C=O) groups excluding carboxylic acids is 1. The summed E-state index contributed by atoms with van der Waals surface area (Å²) in [5, 5.41) is 6.20. The molecule has 0 saturated carbocycles. The van der Waals surface area contributed by atoms with Crippen molar-refractivity contribution in [3.8, 4) is 0 Å². The molecule has 4 rings (SSSR count). The van der Waals surface area contributed by atoms with Gasteiger partial charge in [0.2, 0.25) is 5.91 Å². The first-order valence-electron chi connectivity index (χ1n) is 9.79. The smallest absolute Gasteiger partial charge is 0.226 e. The fourth-order valence-corrected chi connectivity index (χ4v) is 4.64. The fourth-order valence-electron chi connectivity index (χ4n) is 3.94. The number of nitrogens with zero attached hydrogens (tertiary/aromatic N) is 3. The predicted octanol–water partition coefficient (Wildman–Crippen LogP) is 4.65. The van der Waals surface area contributed by atoms with Crippen LogP contribution in [0.15, 0.2) is 35.7 Å². The summed E-state index contributed by atoms with van der Waals surface area (Å²) in [5.41, 5.74) is 2.13. The van der Waals surface area contributed by atoms with Crippen molar-refractivity contribution < 1.29 is 4.79 Å². The maximum absolute atomic E-state index is 12.7. The molecule has 1 saturated heterocycles. The van der Waals surface area contributed by atoms with Crippen molar-refractivity contribution in [3.05, 3.63) is 47.1 Å². The zero-order valence-electron chi connectivity index (χ0n) is 15.7. The summed E-state index contributed by atoms with van der Waals surface area (Å²) < 4.78 is 0. The van der Waals surface area contributed by atoms with Crippen molar-refractivity contribution in [2.24, 2.45) is 5.92 Å². The third-order valence-corrected chi connectivity index (χ3v) is 6.34. The van der Waals surface area contributed by atoms with Gasteiger partial charge in [-0.25, -0.2) is 9.97 Å². The van der Waals surface area contributed by atoms with E-state index in [4.69, 9.17) is 4.98 Å². The molecule has 5 nitrogen and oxygen atoms in total. The van der Waals surface area contributed by atoms with Gasteiger partial charge in [0, 0.05) is 36.0 Å². The van der Waals surface area contributed by atoms with Crippen LogP contribution >= 0.6 is 11.3 Å². The maximum atomic E-state index is 12.7. The average molecular weight is 383 g/mol. The molecule has 0 radical (unpaired) electrons. The Kier molecular flexibility index (Phi) is 5.53. The van der Waals surface area contributed by atoms with E-state index in [1.54, 1.807) is 11.3 Å². The molecule has 1 aliphatic carbocycles. The molecule has 3 heterocycles. The van der Waals surface area contributed by atoms with Gasteiger partial charge in [-0.05, 0) is 51.2 Å². The number of piperidine rings is 1. The van der Waals surface area contributed by atoms with Crippen molar-refractivity contribution in [1.29, 1.82) is 0 Å². The third kappa shape index (κ3) is 4.38. The van der Waals surface area contributed by atoms with Crippen molar-refractivity contribution in [2.45, 2.75) is 44.9 Å². The number of pyridine rings is 1. The van der Waals surface area contributed by atoms with Crippen LogP contribution in [0, 0.1) is 12.8 Å². The van der Waals surface area contributed by atoms with Crippen molar-refractivity contribution >= 4 is 28.2 Å². The molecule has 1 unspecified atom stereocenters. The van der Waals surface area contributed by atoms with Gasteiger partial charge in [-0.2, -0.15) is 0 Å². The number of thiazole rings is 1. The van der Waals surface area contributed by atoms with Crippen LogP contribution in [0.3, 0.4) is 0 Å². The summed E-state index contributed by atoms with van der Waals surface area (Å²) in [6, 6.07) is 6.14. The van der Waals surface area contributed by atoms with Crippen LogP contribution in [0.5, 0.6) is 0 Å². The first-order valence-corrected chi connectivity index (χ1v) is 10.7. The fraction of sp³-hybridized carbons (Fsp3) is 0.476. The Morgan fingerprint density at radius 3 is 2.74 bits per heavy atom. The molecule has 0 aromatic carbocycles. The van der Waals surface area contributed by atoms with E-state index in [0.717, 1.165) is 67.5 Å². The van der Waals surface area contributed by atoms with Crippen molar-refractivity contribution in [2.75, 3.05) is 18.4 Å². The summed E-state index contributed by atoms with van der Waals surface area (Å²) in [4.78, 5) is 24.0. The normalized spacial score (nSPS) is 20.6. The minimum Gasteiger partial charge on any atom is -0.342 e. The zero-order chi connectivity index (χ0) is 18.6. The van der Waals surface area contributed by atoms with E-state index in [-0.39, 0.29) is 5.92 Å². The molecule has 0 spiro atoms. The van der Waals surface area contributed by atoms with Crippen LogP contribution in [-0.4, -0.2) is 33.9 Å². The minimum atomic E-state index is 0.193. The average Bonchev–Trinajstić information content (AvgIpc) is 3.13. The van der Waals surface area contributed by atoms with Gasteiger partial charge in [0.1, 0.15) is 5.82 Å². The number of hydrogen-bond acceptors (Lipinski definition) is 5. The lowest BCUT2D eigenvalue weighted by Gasteiger charge is -2.34. The third-order valence-electron chi connectivity index (χ3n) is 5.47. The van der Waals surface area contributed by atoms with E-state index in [1.807, 2.05) is 18.4 Å². The van der Waals surface area contributed by atoms with Crippen LogP contribution in [-0.2, 0) is 4.79 Å². The van der Waals surface area contributed by atoms with Gasteiger partial charge in [0.15, 0.2) is 5.13 Å². The van der Waals surface area contributed by atoms with E-state index in [2.05, 4.69) is 39.5 Å². The first kappa shape index (κ1) is 18.2. The Morgan fingerprint density at radius 2 is 2.04 bits per heavy atom. The quantitative estimate of drug-likeness (QED) is 0.782. The van der Waals surface area contributed by atoms with Gasteiger partial charge in [0.25, 0.3) is 0 Å². The minimum absolute atomic E-state index is 0.193. The van der Waals surface area contributed by atoms with E-state index < -0.39 is 0 Å².